The molecule has 0 spiro atoms. The first-order valence-electron chi connectivity index (χ1n) is 7.34. The molecular weight excluding hydrogens is 274 g/mol. The zero-order valence-corrected chi connectivity index (χ0v) is 14.1. The molecule has 1 aromatic heterocycles. The highest BCUT2D eigenvalue weighted by Gasteiger charge is 2.09. The summed E-state index contributed by atoms with van der Waals surface area (Å²) < 4.78 is 1.35. The molecule has 0 unspecified atom stereocenters. The van der Waals surface area contributed by atoms with Crippen LogP contribution in [0.25, 0.3) is 10.1 Å². The zero-order valence-electron chi connectivity index (χ0n) is 13.2. The topological polar surface area (TPSA) is 12.0 Å². The van der Waals surface area contributed by atoms with Crippen LogP contribution >= 0.6 is 11.3 Å². The zero-order chi connectivity index (χ0) is 15.3. The van der Waals surface area contributed by atoms with Crippen LogP contribution in [-0.2, 0) is 0 Å². The summed E-state index contributed by atoms with van der Waals surface area (Å²) in [6.45, 7) is 9.41. The molecule has 1 aromatic carbocycles. The van der Waals surface area contributed by atoms with Gasteiger partial charge < -0.3 is 5.32 Å². The molecule has 0 aliphatic rings. The summed E-state index contributed by atoms with van der Waals surface area (Å²) in [6.07, 6.45) is 4.03. The van der Waals surface area contributed by atoms with Crippen LogP contribution in [0.5, 0.6) is 0 Å². The van der Waals surface area contributed by atoms with E-state index in [1.54, 1.807) is 0 Å². The Morgan fingerprint density at radius 1 is 1.29 bits per heavy atom. The molecule has 0 bridgehead atoms. The van der Waals surface area contributed by atoms with E-state index in [4.69, 9.17) is 0 Å². The van der Waals surface area contributed by atoms with E-state index >= 15 is 0 Å². The van der Waals surface area contributed by atoms with Gasteiger partial charge in [0.15, 0.2) is 0 Å². The lowest BCUT2D eigenvalue weighted by atomic mass is 9.98. The van der Waals surface area contributed by atoms with E-state index in [-0.39, 0.29) is 5.41 Å². The number of hydrogen-bond donors (Lipinski definition) is 1. The highest BCUT2D eigenvalue weighted by atomic mass is 32.1. The number of allylic oxidation sites excluding steroid dienone is 1. The van der Waals surface area contributed by atoms with Crippen molar-refractivity contribution in [1.29, 1.82) is 0 Å². The first kappa shape index (κ1) is 15.8. The molecule has 1 N–H and O–H groups in total. The van der Waals surface area contributed by atoms with Crippen LogP contribution in [0.3, 0.4) is 0 Å². The number of nitrogens with one attached hydrogen (secondary N) is 1. The summed E-state index contributed by atoms with van der Waals surface area (Å²) in [4.78, 5) is 0. The quantitative estimate of drug-likeness (QED) is 0.769. The van der Waals surface area contributed by atoms with Gasteiger partial charge in [-0.25, -0.2) is 0 Å². The van der Waals surface area contributed by atoms with Crippen LogP contribution in [0.1, 0.15) is 39.3 Å². The van der Waals surface area contributed by atoms with Crippen molar-refractivity contribution in [3.8, 4) is 11.8 Å². The molecule has 0 aliphatic heterocycles. The first-order valence-corrected chi connectivity index (χ1v) is 8.22. The van der Waals surface area contributed by atoms with Gasteiger partial charge in [0.1, 0.15) is 0 Å². The average Bonchev–Trinajstić information content (AvgIpc) is 2.85. The van der Waals surface area contributed by atoms with Gasteiger partial charge in [0, 0.05) is 22.7 Å². The standard InChI is InChI=1S/C19H23NS/c1-15(20-13-9-5-8-12-19(2,3)4)17-14-21-18-11-7-6-10-16(17)18/h5-7,9-11,14-15,20H,13H2,1-4H3/t15-/m1/s1. The van der Waals surface area contributed by atoms with E-state index in [0.29, 0.717) is 6.04 Å². The van der Waals surface area contributed by atoms with Crippen molar-refractivity contribution in [3.05, 3.63) is 47.4 Å². The number of thiophene rings is 1. The van der Waals surface area contributed by atoms with E-state index in [0.717, 1.165) is 6.54 Å². The Bertz CT molecular complexity index is 677. The highest BCUT2D eigenvalue weighted by molar-refractivity contribution is 7.17. The minimum absolute atomic E-state index is 0.0701. The largest absolute Gasteiger partial charge is 0.307 e. The summed E-state index contributed by atoms with van der Waals surface area (Å²) in [7, 11) is 0. The molecule has 2 heteroatoms. The van der Waals surface area contributed by atoms with Gasteiger partial charge in [-0.2, -0.15) is 0 Å². The van der Waals surface area contributed by atoms with Gasteiger partial charge in [-0.15, -0.1) is 11.3 Å². The van der Waals surface area contributed by atoms with E-state index in [1.807, 2.05) is 17.4 Å². The second-order valence-electron chi connectivity index (χ2n) is 6.24. The summed E-state index contributed by atoms with van der Waals surface area (Å²) in [5.41, 5.74) is 1.45. The summed E-state index contributed by atoms with van der Waals surface area (Å²) in [5, 5.41) is 7.14. The molecule has 1 heterocycles. The van der Waals surface area contributed by atoms with Crippen molar-refractivity contribution in [2.75, 3.05) is 6.54 Å². The van der Waals surface area contributed by atoms with Crippen molar-refractivity contribution >= 4 is 21.4 Å². The fourth-order valence-electron chi connectivity index (χ4n) is 2.06. The summed E-state index contributed by atoms with van der Waals surface area (Å²) in [6, 6.07) is 8.92. The lowest BCUT2D eigenvalue weighted by Gasteiger charge is -2.11. The normalized spacial score (nSPS) is 13.3. The molecular formula is C19H23NS. The van der Waals surface area contributed by atoms with Crippen molar-refractivity contribution in [2.45, 2.75) is 33.7 Å². The monoisotopic (exact) mass is 297 g/mol. The molecule has 1 nitrogen and oxygen atoms in total. The Hall–Kier alpha value is -1.56. The van der Waals surface area contributed by atoms with E-state index in [2.05, 4.69) is 80.6 Å². The van der Waals surface area contributed by atoms with Gasteiger partial charge in [0.25, 0.3) is 0 Å². The number of hydrogen-bond acceptors (Lipinski definition) is 2. The minimum Gasteiger partial charge on any atom is -0.307 e. The predicted molar refractivity (Wildman–Crippen MR) is 94.6 cm³/mol. The molecule has 0 aliphatic carbocycles. The summed E-state index contributed by atoms with van der Waals surface area (Å²) >= 11 is 1.81. The van der Waals surface area contributed by atoms with Gasteiger partial charge >= 0.3 is 0 Å². The van der Waals surface area contributed by atoms with Crippen LogP contribution in [0.2, 0.25) is 0 Å². The number of rotatable bonds is 4. The van der Waals surface area contributed by atoms with Crippen molar-refractivity contribution < 1.29 is 0 Å². The van der Waals surface area contributed by atoms with E-state index in [9.17, 15) is 0 Å². The summed E-state index contributed by atoms with van der Waals surface area (Å²) in [5.74, 6) is 6.29. The molecule has 0 fully saturated rings. The average molecular weight is 297 g/mol. The molecule has 2 aromatic rings. The maximum Gasteiger partial charge on any atom is 0.0346 e. The molecule has 0 amide bonds. The molecule has 0 saturated heterocycles. The molecule has 0 saturated carbocycles. The lowest BCUT2D eigenvalue weighted by molar-refractivity contribution is 0.571. The van der Waals surface area contributed by atoms with Crippen LogP contribution in [0.4, 0.5) is 0 Å². The van der Waals surface area contributed by atoms with Crippen LogP contribution in [0, 0.1) is 17.3 Å². The fraction of sp³-hybridized carbons (Fsp3) is 0.368. The molecule has 21 heavy (non-hydrogen) atoms. The third kappa shape index (κ3) is 4.74. The van der Waals surface area contributed by atoms with Crippen LogP contribution < -0.4 is 5.32 Å². The van der Waals surface area contributed by atoms with Crippen molar-refractivity contribution in [3.63, 3.8) is 0 Å². The Kier molecular flexibility index (Phi) is 5.22. The second kappa shape index (κ2) is 6.93. The lowest BCUT2D eigenvalue weighted by Crippen LogP contribution is -2.18. The highest BCUT2D eigenvalue weighted by Crippen LogP contribution is 2.29. The molecule has 110 valence electrons. The Labute approximate surface area is 132 Å². The molecule has 1 atom stereocenters. The number of benzene rings is 1. The molecule has 0 radical (unpaired) electrons. The Morgan fingerprint density at radius 2 is 2.05 bits per heavy atom. The van der Waals surface area contributed by atoms with Gasteiger partial charge in [-0.1, -0.05) is 36.1 Å². The van der Waals surface area contributed by atoms with E-state index in [1.165, 1.54) is 15.6 Å². The van der Waals surface area contributed by atoms with Crippen LogP contribution in [-0.4, -0.2) is 6.54 Å². The maximum absolute atomic E-state index is 3.53. The minimum atomic E-state index is 0.0701. The maximum atomic E-state index is 3.53. The van der Waals surface area contributed by atoms with Crippen molar-refractivity contribution in [1.82, 2.24) is 5.32 Å². The fourth-order valence-corrected chi connectivity index (χ4v) is 3.12. The van der Waals surface area contributed by atoms with Gasteiger partial charge in [-0.05, 0) is 56.2 Å². The predicted octanol–water partition coefficient (Wildman–Crippen LogP) is 5.16. The van der Waals surface area contributed by atoms with Crippen molar-refractivity contribution in [2.24, 2.45) is 5.41 Å². The molecule has 2 rings (SSSR count). The first-order chi connectivity index (χ1) is 9.97. The third-order valence-corrected chi connectivity index (χ3v) is 4.15. The van der Waals surface area contributed by atoms with E-state index < -0.39 is 0 Å². The number of fused-ring (bicyclic) bond motifs is 1. The third-order valence-electron chi connectivity index (χ3n) is 3.17. The Balaban J connectivity index is 1.92. The smallest absolute Gasteiger partial charge is 0.0346 e. The van der Waals surface area contributed by atoms with Gasteiger partial charge in [-0.3, -0.25) is 0 Å². The Morgan fingerprint density at radius 3 is 2.81 bits per heavy atom. The SMILES string of the molecule is C[C@@H](NCC=CC#CC(C)(C)C)c1csc2ccccc12. The van der Waals surface area contributed by atoms with Crippen LogP contribution in [0.15, 0.2) is 41.8 Å². The second-order valence-corrected chi connectivity index (χ2v) is 7.15. The van der Waals surface area contributed by atoms with Gasteiger partial charge in [0.2, 0.25) is 0 Å². The van der Waals surface area contributed by atoms with Gasteiger partial charge in [0.05, 0.1) is 0 Å².